The fraction of sp³-hybridized carbons (Fsp3) is 0.235. The molecule has 2 aromatic carbocycles. The Labute approximate surface area is 127 Å². The standard InChI is InChI=1S/C17H16F2O3/c1-2-3-8-22-17(21)14-9-11(4-7-16(14)20)13-6-5-12(18)10-15(13)19/h4-7,9-10,20H,2-3,8H2,1H3. The maximum Gasteiger partial charge on any atom is 0.341 e. The van der Waals surface area contributed by atoms with Crippen LogP contribution in [-0.2, 0) is 4.74 Å². The molecule has 0 aliphatic heterocycles. The molecule has 0 spiro atoms. The number of esters is 1. The van der Waals surface area contributed by atoms with Crippen molar-refractivity contribution in [1.82, 2.24) is 0 Å². The molecule has 2 rings (SSSR count). The minimum absolute atomic E-state index is 0.0441. The lowest BCUT2D eigenvalue weighted by Crippen LogP contribution is -2.07. The minimum Gasteiger partial charge on any atom is -0.507 e. The molecular weight excluding hydrogens is 290 g/mol. The quantitative estimate of drug-likeness (QED) is 0.662. The Morgan fingerprint density at radius 1 is 1.18 bits per heavy atom. The van der Waals surface area contributed by atoms with E-state index in [1.165, 1.54) is 24.3 Å². The molecule has 0 saturated carbocycles. The van der Waals surface area contributed by atoms with Crippen LogP contribution in [0.15, 0.2) is 36.4 Å². The van der Waals surface area contributed by atoms with Gasteiger partial charge in [0.05, 0.1) is 6.61 Å². The van der Waals surface area contributed by atoms with E-state index in [4.69, 9.17) is 4.74 Å². The van der Waals surface area contributed by atoms with Crippen molar-refractivity contribution in [3.8, 4) is 16.9 Å². The number of benzene rings is 2. The zero-order valence-electron chi connectivity index (χ0n) is 12.1. The Kier molecular flexibility index (Phi) is 5.09. The molecule has 5 heteroatoms. The first-order chi connectivity index (χ1) is 10.5. The third kappa shape index (κ3) is 3.61. The van der Waals surface area contributed by atoms with Gasteiger partial charge in [0.25, 0.3) is 0 Å². The van der Waals surface area contributed by atoms with Crippen LogP contribution < -0.4 is 0 Å². The number of hydrogen-bond acceptors (Lipinski definition) is 3. The van der Waals surface area contributed by atoms with Gasteiger partial charge in [-0.1, -0.05) is 19.4 Å². The van der Waals surface area contributed by atoms with Crippen molar-refractivity contribution in [3.05, 3.63) is 53.6 Å². The van der Waals surface area contributed by atoms with Crippen LogP contribution in [0.2, 0.25) is 0 Å². The highest BCUT2D eigenvalue weighted by atomic mass is 19.1. The fourth-order valence-electron chi connectivity index (χ4n) is 1.98. The molecule has 0 amide bonds. The van der Waals surface area contributed by atoms with Gasteiger partial charge in [-0.3, -0.25) is 0 Å². The van der Waals surface area contributed by atoms with E-state index in [1.807, 2.05) is 6.92 Å². The maximum absolute atomic E-state index is 13.8. The normalized spacial score (nSPS) is 10.5. The van der Waals surface area contributed by atoms with Crippen LogP contribution in [0.5, 0.6) is 5.75 Å². The molecule has 22 heavy (non-hydrogen) atoms. The summed E-state index contributed by atoms with van der Waals surface area (Å²) in [6.07, 6.45) is 1.60. The van der Waals surface area contributed by atoms with Gasteiger partial charge in [-0.2, -0.15) is 0 Å². The number of carbonyl (C=O) groups is 1. The van der Waals surface area contributed by atoms with Crippen LogP contribution in [0.25, 0.3) is 11.1 Å². The van der Waals surface area contributed by atoms with Gasteiger partial charge in [-0.05, 0) is 36.2 Å². The summed E-state index contributed by atoms with van der Waals surface area (Å²) in [6.45, 7) is 2.22. The van der Waals surface area contributed by atoms with E-state index in [9.17, 15) is 18.7 Å². The monoisotopic (exact) mass is 306 g/mol. The van der Waals surface area contributed by atoms with Gasteiger partial charge < -0.3 is 9.84 Å². The maximum atomic E-state index is 13.8. The van der Waals surface area contributed by atoms with Crippen molar-refractivity contribution in [2.45, 2.75) is 19.8 Å². The Balaban J connectivity index is 2.32. The van der Waals surface area contributed by atoms with E-state index >= 15 is 0 Å². The minimum atomic E-state index is -0.740. The largest absolute Gasteiger partial charge is 0.507 e. The number of rotatable bonds is 5. The first-order valence-corrected chi connectivity index (χ1v) is 6.98. The smallest absolute Gasteiger partial charge is 0.341 e. The second-order valence-corrected chi connectivity index (χ2v) is 4.85. The van der Waals surface area contributed by atoms with Gasteiger partial charge in [-0.15, -0.1) is 0 Å². The lowest BCUT2D eigenvalue weighted by Gasteiger charge is -2.09. The van der Waals surface area contributed by atoms with Crippen molar-refractivity contribution in [2.24, 2.45) is 0 Å². The number of hydrogen-bond donors (Lipinski definition) is 1. The highest BCUT2D eigenvalue weighted by Gasteiger charge is 2.15. The summed E-state index contributed by atoms with van der Waals surface area (Å²) in [4.78, 5) is 11.9. The third-order valence-corrected chi connectivity index (χ3v) is 3.19. The van der Waals surface area contributed by atoms with E-state index in [0.717, 1.165) is 25.0 Å². The van der Waals surface area contributed by atoms with E-state index in [2.05, 4.69) is 0 Å². The fourth-order valence-corrected chi connectivity index (χ4v) is 1.98. The van der Waals surface area contributed by atoms with Gasteiger partial charge in [0.1, 0.15) is 22.9 Å². The van der Waals surface area contributed by atoms with Crippen molar-refractivity contribution in [1.29, 1.82) is 0 Å². The van der Waals surface area contributed by atoms with Crippen LogP contribution in [0, 0.1) is 11.6 Å². The molecule has 0 aromatic heterocycles. The lowest BCUT2D eigenvalue weighted by atomic mass is 10.0. The zero-order valence-corrected chi connectivity index (χ0v) is 12.1. The Morgan fingerprint density at radius 2 is 1.95 bits per heavy atom. The Morgan fingerprint density at radius 3 is 2.64 bits per heavy atom. The second-order valence-electron chi connectivity index (χ2n) is 4.85. The number of aromatic hydroxyl groups is 1. The molecule has 116 valence electrons. The Bertz CT molecular complexity index is 684. The highest BCUT2D eigenvalue weighted by molar-refractivity contribution is 5.94. The van der Waals surface area contributed by atoms with E-state index in [1.54, 1.807) is 0 Å². The number of halogens is 2. The van der Waals surface area contributed by atoms with Crippen LogP contribution >= 0.6 is 0 Å². The summed E-state index contributed by atoms with van der Waals surface area (Å²) >= 11 is 0. The molecule has 0 aliphatic carbocycles. The summed E-state index contributed by atoms with van der Waals surface area (Å²) in [6, 6.07) is 7.25. The second kappa shape index (κ2) is 7.02. The van der Waals surface area contributed by atoms with Gasteiger partial charge >= 0.3 is 5.97 Å². The average Bonchev–Trinajstić information content (AvgIpc) is 2.48. The summed E-state index contributed by atoms with van der Waals surface area (Å²) in [7, 11) is 0. The summed E-state index contributed by atoms with van der Waals surface area (Å²) < 4.78 is 31.8. The number of phenols is 1. The molecule has 0 atom stereocenters. The van der Waals surface area contributed by atoms with E-state index in [0.29, 0.717) is 5.56 Å². The molecular formula is C17H16F2O3. The van der Waals surface area contributed by atoms with Crippen molar-refractivity contribution in [2.75, 3.05) is 6.61 Å². The topological polar surface area (TPSA) is 46.5 Å². The number of ether oxygens (including phenoxy) is 1. The summed E-state index contributed by atoms with van der Waals surface area (Å²) in [5.41, 5.74) is 0.457. The molecule has 1 N–H and O–H groups in total. The van der Waals surface area contributed by atoms with Crippen LogP contribution in [0.4, 0.5) is 8.78 Å². The highest BCUT2D eigenvalue weighted by Crippen LogP contribution is 2.28. The van der Waals surface area contributed by atoms with Gasteiger partial charge in [0.15, 0.2) is 0 Å². The van der Waals surface area contributed by atoms with E-state index < -0.39 is 17.6 Å². The summed E-state index contributed by atoms with van der Waals surface area (Å²) in [5, 5.41) is 9.77. The number of carbonyl (C=O) groups excluding carboxylic acids is 1. The molecule has 0 saturated heterocycles. The third-order valence-electron chi connectivity index (χ3n) is 3.19. The van der Waals surface area contributed by atoms with Gasteiger partial charge in [0, 0.05) is 11.6 Å². The first kappa shape index (κ1) is 15.9. The zero-order chi connectivity index (χ0) is 16.1. The van der Waals surface area contributed by atoms with Crippen LogP contribution in [0.3, 0.4) is 0 Å². The molecule has 0 aliphatic rings. The SMILES string of the molecule is CCCCOC(=O)c1cc(-c2ccc(F)cc2F)ccc1O. The molecule has 0 unspecified atom stereocenters. The van der Waals surface area contributed by atoms with E-state index in [-0.39, 0.29) is 23.5 Å². The molecule has 0 fully saturated rings. The average molecular weight is 306 g/mol. The molecule has 0 heterocycles. The lowest BCUT2D eigenvalue weighted by molar-refractivity contribution is 0.0496. The van der Waals surface area contributed by atoms with Crippen LogP contribution in [-0.4, -0.2) is 17.7 Å². The number of unbranched alkanes of at least 4 members (excludes halogenated alkanes) is 1. The molecule has 0 bridgehead atoms. The predicted molar refractivity (Wildman–Crippen MR) is 78.6 cm³/mol. The summed E-state index contributed by atoms with van der Waals surface area (Å²) in [5.74, 6) is -2.33. The number of phenolic OH excluding ortho intramolecular Hbond substituents is 1. The van der Waals surface area contributed by atoms with Crippen LogP contribution in [0.1, 0.15) is 30.1 Å². The van der Waals surface area contributed by atoms with Crippen molar-refractivity contribution < 1.29 is 23.4 Å². The Hall–Kier alpha value is -2.43. The van der Waals surface area contributed by atoms with Crippen molar-refractivity contribution >= 4 is 5.97 Å². The van der Waals surface area contributed by atoms with Gasteiger partial charge in [-0.25, -0.2) is 13.6 Å². The van der Waals surface area contributed by atoms with Crippen molar-refractivity contribution in [3.63, 3.8) is 0 Å². The molecule has 3 nitrogen and oxygen atoms in total. The molecule has 0 radical (unpaired) electrons. The predicted octanol–water partition coefficient (Wildman–Crippen LogP) is 4.29. The molecule has 2 aromatic rings. The first-order valence-electron chi connectivity index (χ1n) is 6.98. The van der Waals surface area contributed by atoms with Gasteiger partial charge in [0.2, 0.25) is 0 Å².